The van der Waals surface area contributed by atoms with Gasteiger partial charge in [0.25, 0.3) is 5.91 Å². The van der Waals surface area contributed by atoms with Gasteiger partial charge >= 0.3 is 0 Å². The molecule has 1 aliphatic heterocycles. The summed E-state index contributed by atoms with van der Waals surface area (Å²) in [6, 6.07) is 5.28. The molecule has 4 heterocycles. The van der Waals surface area contributed by atoms with E-state index in [-0.39, 0.29) is 17.0 Å². The summed E-state index contributed by atoms with van der Waals surface area (Å²) in [7, 11) is 0. The molecule has 8 nitrogen and oxygen atoms in total. The number of amides is 1. The van der Waals surface area contributed by atoms with Crippen LogP contribution < -0.4 is 15.5 Å². The minimum atomic E-state index is -0.734. The van der Waals surface area contributed by atoms with Gasteiger partial charge in [-0.25, -0.2) is 9.37 Å². The van der Waals surface area contributed by atoms with Gasteiger partial charge in [-0.15, -0.1) is 0 Å². The van der Waals surface area contributed by atoms with Crippen molar-refractivity contribution in [1.29, 1.82) is 0 Å². The Hall–Kier alpha value is -3.66. The van der Waals surface area contributed by atoms with Crippen molar-refractivity contribution in [1.82, 2.24) is 24.7 Å². The molecular formula is C23H23F2N7O. The summed E-state index contributed by atoms with van der Waals surface area (Å²) >= 11 is 0. The summed E-state index contributed by atoms with van der Waals surface area (Å²) in [4.78, 5) is 28.1. The fraction of sp³-hybridized carbons (Fsp3) is 0.304. The van der Waals surface area contributed by atoms with Gasteiger partial charge in [0.15, 0.2) is 11.5 Å². The minimum absolute atomic E-state index is 0.0748. The first-order valence-corrected chi connectivity index (χ1v) is 10.7. The van der Waals surface area contributed by atoms with Gasteiger partial charge in [-0.1, -0.05) is 0 Å². The topological polar surface area (TPSA) is 87.5 Å². The van der Waals surface area contributed by atoms with Crippen molar-refractivity contribution in [2.75, 3.05) is 23.3 Å². The molecule has 0 spiro atoms. The third kappa shape index (κ3) is 3.76. The molecule has 1 saturated heterocycles. The first-order valence-electron chi connectivity index (χ1n) is 10.7. The van der Waals surface area contributed by atoms with E-state index in [2.05, 4.69) is 44.3 Å². The van der Waals surface area contributed by atoms with Gasteiger partial charge in [0, 0.05) is 49.8 Å². The molecule has 0 saturated carbocycles. The van der Waals surface area contributed by atoms with Crippen molar-refractivity contribution in [3.05, 3.63) is 59.8 Å². The van der Waals surface area contributed by atoms with Crippen molar-refractivity contribution in [3.8, 4) is 0 Å². The van der Waals surface area contributed by atoms with Gasteiger partial charge in [-0.2, -0.15) is 4.39 Å². The summed E-state index contributed by atoms with van der Waals surface area (Å²) < 4.78 is 29.7. The second-order valence-electron chi connectivity index (χ2n) is 8.47. The average Bonchev–Trinajstić information content (AvgIpc) is 3.06. The number of imidazole rings is 1. The van der Waals surface area contributed by atoms with Crippen LogP contribution in [0.1, 0.15) is 29.9 Å². The van der Waals surface area contributed by atoms with Crippen molar-refractivity contribution in [2.24, 2.45) is 0 Å². The van der Waals surface area contributed by atoms with E-state index in [1.165, 1.54) is 19.3 Å². The van der Waals surface area contributed by atoms with Crippen LogP contribution in [-0.4, -0.2) is 50.4 Å². The predicted octanol–water partition coefficient (Wildman–Crippen LogP) is 3.30. The van der Waals surface area contributed by atoms with Crippen LogP contribution in [0.5, 0.6) is 0 Å². The molecule has 33 heavy (non-hydrogen) atoms. The van der Waals surface area contributed by atoms with Crippen LogP contribution in [0.2, 0.25) is 0 Å². The molecule has 0 unspecified atom stereocenters. The minimum Gasteiger partial charge on any atom is -0.367 e. The first-order chi connectivity index (χ1) is 15.8. The average molecular weight is 451 g/mol. The highest BCUT2D eigenvalue weighted by Gasteiger charge is 2.25. The number of halogens is 2. The van der Waals surface area contributed by atoms with E-state index in [1.54, 1.807) is 12.3 Å². The monoisotopic (exact) mass is 451 g/mol. The van der Waals surface area contributed by atoms with E-state index >= 15 is 0 Å². The molecule has 1 amide bonds. The lowest BCUT2D eigenvalue weighted by atomic mass is 10.1. The Morgan fingerprint density at radius 2 is 1.82 bits per heavy atom. The summed E-state index contributed by atoms with van der Waals surface area (Å²) in [5.41, 5.74) is 2.29. The number of carbonyl (C=O) groups is 1. The highest BCUT2D eigenvalue weighted by atomic mass is 19.1. The number of pyridine rings is 1. The number of nitrogens with one attached hydrogen (secondary N) is 2. The Balaban J connectivity index is 1.51. The Morgan fingerprint density at radius 1 is 1.12 bits per heavy atom. The number of fused-ring (bicyclic) bond motifs is 2. The number of aromatic nitrogens is 4. The summed E-state index contributed by atoms with van der Waals surface area (Å²) in [5.74, 6) is -1.91. The number of carbonyl (C=O) groups excluding carboxylic acids is 1. The van der Waals surface area contributed by atoms with Gasteiger partial charge in [0.1, 0.15) is 11.0 Å². The van der Waals surface area contributed by atoms with Crippen molar-refractivity contribution in [2.45, 2.75) is 32.9 Å². The van der Waals surface area contributed by atoms with Gasteiger partial charge in [-0.3, -0.25) is 19.2 Å². The number of benzene rings is 1. The SMILES string of the molecule is Cc1nc2c(F)cc(NC(=O)c3ccc(N4C[C@H](C)N[C@@H](C)C4)c4nccnc34)cn2c1F. The zero-order valence-corrected chi connectivity index (χ0v) is 18.4. The number of hydrogen-bond donors (Lipinski definition) is 2. The maximum absolute atomic E-state index is 14.4. The van der Waals surface area contributed by atoms with Gasteiger partial charge in [0.2, 0.25) is 5.95 Å². The smallest absolute Gasteiger partial charge is 0.257 e. The molecule has 0 bridgehead atoms. The van der Waals surface area contributed by atoms with E-state index in [9.17, 15) is 13.6 Å². The zero-order valence-electron chi connectivity index (χ0n) is 18.4. The molecule has 1 fully saturated rings. The summed E-state index contributed by atoms with van der Waals surface area (Å²) in [6.45, 7) is 7.30. The van der Waals surface area contributed by atoms with Crippen molar-refractivity contribution < 1.29 is 13.6 Å². The van der Waals surface area contributed by atoms with Crippen LogP contribution in [0, 0.1) is 18.7 Å². The van der Waals surface area contributed by atoms with Crippen LogP contribution in [-0.2, 0) is 0 Å². The number of piperazine rings is 1. The molecule has 2 N–H and O–H groups in total. The van der Waals surface area contributed by atoms with E-state index in [4.69, 9.17) is 0 Å². The number of anilines is 2. The maximum Gasteiger partial charge on any atom is 0.257 e. The lowest BCUT2D eigenvalue weighted by Gasteiger charge is -2.38. The largest absolute Gasteiger partial charge is 0.367 e. The quantitative estimate of drug-likeness (QED) is 0.497. The van der Waals surface area contributed by atoms with E-state index in [1.807, 2.05) is 6.07 Å². The molecule has 170 valence electrons. The molecule has 2 atom stereocenters. The second-order valence-corrected chi connectivity index (χ2v) is 8.47. The first kappa shape index (κ1) is 21.2. The lowest BCUT2D eigenvalue weighted by Crippen LogP contribution is -2.54. The third-order valence-electron chi connectivity index (χ3n) is 5.78. The van der Waals surface area contributed by atoms with Crippen LogP contribution in [0.3, 0.4) is 0 Å². The van der Waals surface area contributed by atoms with E-state index in [0.29, 0.717) is 28.7 Å². The molecule has 1 aliphatic rings. The lowest BCUT2D eigenvalue weighted by molar-refractivity contribution is 0.102. The molecule has 0 radical (unpaired) electrons. The van der Waals surface area contributed by atoms with E-state index in [0.717, 1.165) is 29.2 Å². The number of nitrogens with zero attached hydrogens (tertiary/aromatic N) is 5. The molecule has 4 aromatic rings. The standard InChI is InChI=1S/C23H23F2N7O/c1-12-9-31(10-13(2)28-12)18-5-4-16(19-20(18)27-7-6-26-19)23(33)30-15-8-17(24)22-29-14(3)21(25)32(22)11-15/h4-8,11-13,28H,9-10H2,1-3H3,(H,30,33)/t12-,13-/m0/s1. The molecule has 10 heteroatoms. The number of rotatable bonds is 3. The molecular weight excluding hydrogens is 428 g/mol. The van der Waals surface area contributed by atoms with Crippen LogP contribution in [0.25, 0.3) is 16.7 Å². The summed E-state index contributed by atoms with van der Waals surface area (Å²) in [5, 5.41) is 6.15. The second kappa shape index (κ2) is 8.04. The molecule has 1 aromatic carbocycles. The van der Waals surface area contributed by atoms with E-state index < -0.39 is 17.7 Å². The Kier molecular flexibility index (Phi) is 5.16. The fourth-order valence-corrected chi connectivity index (χ4v) is 4.46. The van der Waals surface area contributed by atoms with Crippen molar-refractivity contribution in [3.63, 3.8) is 0 Å². The van der Waals surface area contributed by atoms with Crippen LogP contribution in [0.4, 0.5) is 20.2 Å². The van der Waals surface area contributed by atoms with Gasteiger partial charge in [-0.05, 0) is 32.9 Å². The molecule has 0 aliphatic carbocycles. The van der Waals surface area contributed by atoms with Gasteiger partial charge < -0.3 is 15.5 Å². The number of hydrogen-bond acceptors (Lipinski definition) is 6. The predicted molar refractivity (Wildman–Crippen MR) is 122 cm³/mol. The highest BCUT2D eigenvalue weighted by Crippen LogP contribution is 2.29. The van der Waals surface area contributed by atoms with Crippen LogP contribution >= 0.6 is 0 Å². The zero-order chi connectivity index (χ0) is 23.3. The van der Waals surface area contributed by atoms with Crippen molar-refractivity contribution >= 4 is 34.0 Å². The molecule has 3 aromatic heterocycles. The van der Waals surface area contributed by atoms with Crippen LogP contribution in [0.15, 0.2) is 36.8 Å². The normalized spacial score (nSPS) is 18.8. The highest BCUT2D eigenvalue weighted by molar-refractivity contribution is 6.13. The number of aryl methyl sites for hydroxylation is 1. The maximum atomic E-state index is 14.4. The Morgan fingerprint density at radius 3 is 2.55 bits per heavy atom. The molecule has 5 rings (SSSR count). The fourth-order valence-electron chi connectivity index (χ4n) is 4.46. The third-order valence-corrected chi connectivity index (χ3v) is 5.78. The Bertz CT molecular complexity index is 1380. The van der Waals surface area contributed by atoms with Gasteiger partial charge in [0.05, 0.1) is 22.6 Å². The Labute approximate surface area is 188 Å². The summed E-state index contributed by atoms with van der Waals surface area (Å²) in [6.07, 6.45) is 4.43.